The number of hydrogen-bond donors (Lipinski definition) is 1. The number of halogens is 1. The average Bonchev–Trinajstić information content (AvgIpc) is 3.16. The summed E-state index contributed by atoms with van der Waals surface area (Å²) in [6.07, 6.45) is 1.81. The maximum atomic E-state index is 14.0. The number of carbonyl (C=O) groups is 2. The number of benzene rings is 2. The van der Waals surface area contributed by atoms with E-state index < -0.39 is 24.1 Å². The van der Waals surface area contributed by atoms with Crippen molar-refractivity contribution in [1.82, 2.24) is 0 Å². The number of rotatable bonds is 8. The van der Waals surface area contributed by atoms with Crippen LogP contribution in [-0.4, -0.2) is 49.0 Å². The van der Waals surface area contributed by atoms with E-state index in [-0.39, 0.29) is 46.7 Å². The highest BCUT2D eigenvalue weighted by atomic mass is 35.5. The summed E-state index contributed by atoms with van der Waals surface area (Å²) in [5.41, 5.74) is -0.0494. The number of fused-ring (bicyclic) bond motifs is 1. The van der Waals surface area contributed by atoms with Gasteiger partial charge in [-0.2, -0.15) is 0 Å². The number of Topliss-reactive ketones (excluding diaryl/α,β-unsaturated/α-hetero) is 1. The summed E-state index contributed by atoms with van der Waals surface area (Å²) in [6.45, 7) is 1.38. The second-order valence-electron chi connectivity index (χ2n) is 8.10. The summed E-state index contributed by atoms with van der Waals surface area (Å²) >= 11 is 6.53. The molecule has 1 spiro atoms. The van der Waals surface area contributed by atoms with Crippen molar-refractivity contribution in [3.05, 3.63) is 64.4 Å². The van der Waals surface area contributed by atoms with Crippen LogP contribution >= 0.6 is 11.6 Å². The number of oxime groups is 1. The molecule has 0 bridgehead atoms. The Morgan fingerprint density at radius 3 is 2.60 bits per heavy atom. The fraction of sp³-hybridized carbons (Fsp3) is 0.320. The summed E-state index contributed by atoms with van der Waals surface area (Å²) < 4.78 is 23.3. The Balaban J connectivity index is 1.79. The molecular formula is C25H24ClNO8. The van der Waals surface area contributed by atoms with Crippen LogP contribution in [0.25, 0.3) is 0 Å². The quantitative estimate of drug-likeness (QED) is 0.533. The Morgan fingerprint density at radius 2 is 1.94 bits per heavy atom. The molecule has 2 aromatic rings. The standard InChI is InChI=1S/C25H24ClNO8/c1-14-9-16(27-34-13-20(28)29)10-19(33-12-15-7-5-4-6-8-15)25(14)24(30)21-17(31-2)11-18(32-3)22(26)23(21)35-25/h4-8,10-11,14H,9,12-13H2,1-3H3,(H,28,29)/b27-16-/t14-,25+/m1/s1. The van der Waals surface area contributed by atoms with Gasteiger partial charge in [0, 0.05) is 24.5 Å². The van der Waals surface area contributed by atoms with Gasteiger partial charge in [-0.15, -0.1) is 0 Å². The fourth-order valence-electron chi connectivity index (χ4n) is 4.22. The van der Waals surface area contributed by atoms with Crippen molar-refractivity contribution >= 4 is 29.1 Å². The van der Waals surface area contributed by atoms with Crippen LogP contribution in [0.5, 0.6) is 17.2 Å². The summed E-state index contributed by atoms with van der Waals surface area (Å²) in [5, 5.41) is 12.9. The van der Waals surface area contributed by atoms with Gasteiger partial charge in [0.1, 0.15) is 28.7 Å². The largest absolute Gasteiger partial charge is 0.496 e. The number of methoxy groups -OCH3 is 2. The zero-order chi connectivity index (χ0) is 25.2. The van der Waals surface area contributed by atoms with Crippen molar-refractivity contribution in [3.8, 4) is 17.2 Å². The van der Waals surface area contributed by atoms with E-state index in [0.717, 1.165) is 5.56 Å². The van der Waals surface area contributed by atoms with Gasteiger partial charge < -0.3 is 28.9 Å². The van der Waals surface area contributed by atoms with Crippen LogP contribution < -0.4 is 14.2 Å². The fourth-order valence-corrected chi connectivity index (χ4v) is 4.49. The first-order chi connectivity index (χ1) is 16.8. The summed E-state index contributed by atoms with van der Waals surface area (Å²) in [5.74, 6) is -1.08. The van der Waals surface area contributed by atoms with E-state index in [1.54, 1.807) is 6.08 Å². The highest BCUT2D eigenvalue weighted by Crippen LogP contribution is 2.54. The number of carbonyl (C=O) groups excluding carboxylic acids is 1. The minimum Gasteiger partial charge on any atom is -0.496 e. The van der Waals surface area contributed by atoms with E-state index >= 15 is 0 Å². The van der Waals surface area contributed by atoms with Crippen LogP contribution in [-0.2, 0) is 21.0 Å². The zero-order valence-electron chi connectivity index (χ0n) is 19.4. The highest BCUT2D eigenvalue weighted by molar-refractivity contribution is 6.35. The van der Waals surface area contributed by atoms with Crippen molar-refractivity contribution < 1.29 is 38.5 Å². The lowest BCUT2D eigenvalue weighted by Gasteiger charge is -2.37. The van der Waals surface area contributed by atoms with Crippen LogP contribution in [0, 0.1) is 5.92 Å². The predicted octanol–water partition coefficient (Wildman–Crippen LogP) is 4.27. The normalized spacial score (nSPS) is 21.8. The van der Waals surface area contributed by atoms with Gasteiger partial charge in [-0.1, -0.05) is 54.0 Å². The Labute approximate surface area is 206 Å². The van der Waals surface area contributed by atoms with Gasteiger partial charge >= 0.3 is 5.97 Å². The number of ketones is 1. The van der Waals surface area contributed by atoms with Gasteiger partial charge in [-0.25, -0.2) is 4.79 Å². The Hall–Kier alpha value is -3.72. The molecule has 9 nitrogen and oxygen atoms in total. The maximum Gasteiger partial charge on any atom is 0.344 e. The number of carboxylic acids is 1. The topological polar surface area (TPSA) is 113 Å². The Kier molecular flexibility index (Phi) is 6.88. The molecule has 1 N–H and O–H groups in total. The third kappa shape index (κ3) is 4.39. The van der Waals surface area contributed by atoms with E-state index in [9.17, 15) is 9.59 Å². The van der Waals surface area contributed by atoms with E-state index in [4.69, 9.17) is 40.5 Å². The van der Waals surface area contributed by atoms with Crippen molar-refractivity contribution in [2.75, 3.05) is 20.8 Å². The number of carboxylic acid groups (broad SMARTS) is 1. The van der Waals surface area contributed by atoms with E-state index in [0.29, 0.717) is 11.5 Å². The molecular weight excluding hydrogens is 478 g/mol. The molecule has 35 heavy (non-hydrogen) atoms. The summed E-state index contributed by atoms with van der Waals surface area (Å²) in [4.78, 5) is 29.7. The Morgan fingerprint density at radius 1 is 1.23 bits per heavy atom. The zero-order valence-corrected chi connectivity index (χ0v) is 20.1. The van der Waals surface area contributed by atoms with Gasteiger partial charge in [-0.3, -0.25) is 4.79 Å². The average molecular weight is 502 g/mol. The molecule has 0 fully saturated rings. The second kappa shape index (κ2) is 9.87. The van der Waals surface area contributed by atoms with Gasteiger partial charge in [0.15, 0.2) is 11.5 Å². The molecule has 1 aliphatic heterocycles. The number of aliphatic carboxylic acids is 1. The molecule has 1 heterocycles. The smallest absolute Gasteiger partial charge is 0.344 e. The predicted molar refractivity (Wildman–Crippen MR) is 126 cm³/mol. The highest BCUT2D eigenvalue weighted by Gasteiger charge is 2.60. The minimum atomic E-state index is -1.54. The van der Waals surface area contributed by atoms with Gasteiger partial charge in [0.2, 0.25) is 18.0 Å². The Bertz CT molecular complexity index is 1210. The van der Waals surface area contributed by atoms with Crippen LogP contribution in [0.2, 0.25) is 5.02 Å². The summed E-state index contributed by atoms with van der Waals surface area (Å²) in [7, 11) is 2.90. The maximum absolute atomic E-state index is 14.0. The molecule has 0 amide bonds. The van der Waals surface area contributed by atoms with Crippen molar-refractivity contribution in [3.63, 3.8) is 0 Å². The lowest BCUT2D eigenvalue weighted by molar-refractivity contribution is -0.142. The molecule has 2 aromatic carbocycles. The van der Waals surface area contributed by atoms with Crippen LogP contribution in [0.3, 0.4) is 0 Å². The van der Waals surface area contributed by atoms with Gasteiger partial charge in [0.25, 0.3) is 0 Å². The third-order valence-electron chi connectivity index (χ3n) is 5.90. The SMILES string of the molecule is COc1cc(OC)c2c(c1Cl)O[C@]1(C2=O)C(OCc2ccccc2)=C/C(=N\OCC(=O)O)C[C@H]1C. The first-order valence-electron chi connectivity index (χ1n) is 10.8. The number of allylic oxidation sites excluding steroid dienone is 1. The van der Waals surface area contributed by atoms with E-state index in [2.05, 4.69) is 5.16 Å². The monoisotopic (exact) mass is 501 g/mol. The molecule has 1 aliphatic carbocycles. The molecule has 0 saturated carbocycles. The summed E-state index contributed by atoms with van der Waals surface area (Å²) in [6, 6.07) is 11.0. The first kappa shape index (κ1) is 24.4. The van der Waals surface area contributed by atoms with E-state index in [1.165, 1.54) is 20.3 Å². The van der Waals surface area contributed by atoms with Crippen molar-refractivity contribution in [1.29, 1.82) is 0 Å². The molecule has 184 valence electrons. The van der Waals surface area contributed by atoms with Gasteiger partial charge in [-0.05, 0) is 5.56 Å². The lowest BCUT2D eigenvalue weighted by Crippen LogP contribution is -2.51. The van der Waals surface area contributed by atoms with Gasteiger partial charge in [0.05, 0.1) is 19.9 Å². The van der Waals surface area contributed by atoms with Crippen LogP contribution in [0.1, 0.15) is 29.3 Å². The van der Waals surface area contributed by atoms with E-state index in [1.807, 2.05) is 37.3 Å². The third-order valence-corrected chi connectivity index (χ3v) is 6.26. The van der Waals surface area contributed by atoms with Crippen LogP contribution in [0.4, 0.5) is 0 Å². The molecule has 0 saturated heterocycles. The number of hydrogen-bond acceptors (Lipinski definition) is 8. The molecule has 4 rings (SSSR count). The molecule has 0 unspecified atom stereocenters. The van der Waals surface area contributed by atoms with Crippen molar-refractivity contribution in [2.45, 2.75) is 25.6 Å². The minimum absolute atomic E-state index is 0.146. The molecule has 2 atom stereocenters. The number of nitrogens with zero attached hydrogens (tertiary/aromatic N) is 1. The lowest BCUT2D eigenvalue weighted by atomic mass is 9.75. The second-order valence-corrected chi connectivity index (χ2v) is 8.48. The molecule has 0 aromatic heterocycles. The van der Waals surface area contributed by atoms with Crippen molar-refractivity contribution in [2.24, 2.45) is 11.1 Å². The van der Waals surface area contributed by atoms with Crippen LogP contribution in [0.15, 0.2) is 53.4 Å². The molecule has 2 aliphatic rings. The molecule has 10 heteroatoms. The molecule has 0 radical (unpaired) electrons. The number of ether oxygens (including phenoxy) is 4. The first-order valence-corrected chi connectivity index (χ1v) is 11.2.